The second-order valence-corrected chi connectivity index (χ2v) is 0.787. The van der Waals surface area contributed by atoms with E-state index in [1.807, 2.05) is 7.05 Å². The summed E-state index contributed by atoms with van der Waals surface area (Å²) >= 11 is 0. The van der Waals surface area contributed by atoms with E-state index in [1.54, 1.807) is 12.4 Å². The molecule has 0 amide bonds. The van der Waals surface area contributed by atoms with Crippen LogP contribution in [0.15, 0.2) is 17.4 Å². The number of nitrogens with one attached hydrogen (secondary N) is 1. The highest BCUT2D eigenvalue weighted by Gasteiger charge is 1.50. The van der Waals surface area contributed by atoms with Gasteiger partial charge in [0.25, 0.3) is 0 Å². The molecule has 0 aromatic heterocycles. The number of hydrogen-bond acceptors (Lipinski definition) is 2. The van der Waals surface area contributed by atoms with Gasteiger partial charge in [-0.3, -0.25) is 4.99 Å². The van der Waals surface area contributed by atoms with Gasteiger partial charge in [-0.25, -0.2) is 0 Å². The van der Waals surface area contributed by atoms with Gasteiger partial charge in [0.05, 0.1) is 0 Å². The Balaban J connectivity index is 2.94. The summed E-state index contributed by atoms with van der Waals surface area (Å²) in [6.07, 6.45) is 3.28. The number of rotatable bonds is 2. The van der Waals surface area contributed by atoms with Crippen molar-refractivity contribution < 1.29 is 0 Å². The Hall–Kier alpha value is -0.790. The molecule has 2 nitrogen and oxygen atoms in total. The van der Waals surface area contributed by atoms with E-state index >= 15 is 0 Å². The first-order chi connectivity index (χ1) is 2.91. The monoisotopic (exact) mass is 84.1 g/mol. The normalized spacial score (nSPS) is 8.83. The fourth-order valence-corrected chi connectivity index (χ4v) is 0.127. The smallest absolute Gasteiger partial charge is 0.0417 e. The lowest BCUT2D eigenvalue weighted by Gasteiger charge is -1.76. The minimum atomic E-state index is 1.58. The highest BCUT2D eigenvalue weighted by molar-refractivity contribution is 5.25. The molecule has 0 aliphatic carbocycles. The van der Waals surface area contributed by atoms with Gasteiger partial charge in [-0.2, -0.15) is 0 Å². The van der Waals surface area contributed by atoms with Crippen LogP contribution >= 0.6 is 0 Å². The van der Waals surface area contributed by atoms with Crippen LogP contribution in [-0.2, 0) is 0 Å². The van der Waals surface area contributed by atoms with Crippen molar-refractivity contribution >= 4 is 6.72 Å². The molecule has 0 rings (SSSR count). The minimum absolute atomic E-state index is 1.58. The number of nitrogens with zero attached hydrogens (tertiary/aromatic N) is 1. The molecule has 0 aromatic rings. The van der Waals surface area contributed by atoms with E-state index in [0.29, 0.717) is 0 Å². The molecule has 0 saturated carbocycles. The molecule has 2 heteroatoms. The third-order valence-corrected chi connectivity index (χ3v) is 0.347. The zero-order valence-electron chi connectivity index (χ0n) is 3.81. The van der Waals surface area contributed by atoms with Crippen LogP contribution in [0.4, 0.5) is 0 Å². The Morgan fingerprint density at radius 1 is 1.83 bits per heavy atom. The predicted octanol–water partition coefficient (Wildman–Crippen LogP) is 0.378. The molecule has 0 aliphatic rings. The van der Waals surface area contributed by atoms with Crippen molar-refractivity contribution in [3.63, 3.8) is 0 Å². The van der Waals surface area contributed by atoms with Crippen LogP contribution in [-0.4, -0.2) is 13.8 Å². The lowest BCUT2D eigenvalue weighted by molar-refractivity contribution is 1.10. The SMILES string of the molecule is C=N/C=C/NC. The van der Waals surface area contributed by atoms with Gasteiger partial charge in [-0.1, -0.05) is 0 Å². The minimum Gasteiger partial charge on any atom is -0.393 e. The van der Waals surface area contributed by atoms with E-state index in [-0.39, 0.29) is 0 Å². The van der Waals surface area contributed by atoms with Gasteiger partial charge in [-0.15, -0.1) is 0 Å². The molecule has 0 radical (unpaired) electrons. The van der Waals surface area contributed by atoms with Crippen LogP contribution in [0.1, 0.15) is 0 Å². The predicted molar refractivity (Wildman–Crippen MR) is 27.7 cm³/mol. The summed E-state index contributed by atoms with van der Waals surface area (Å²) in [6, 6.07) is 0. The molecule has 0 fully saturated rings. The maximum atomic E-state index is 3.43. The molecule has 0 aromatic carbocycles. The largest absolute Gasteiger partial charge is 0.393 e. The molecule has 0 heterocycles. The van der Waals surface area contributed by atoms with Gasteiger partial charge in [0.15, 0.2) is 0 Å². The second-order valence-electron chi connectivity index (χ2n) is 0.787. The summed E-state index contributed by atoms with van der Waals surface area (Å²) in [6.45, 7) is 3.22. The molecule has 0 bridgehead atoms. The maximum Gasteiger partial charge on any atom is 0.0417 e. The van der Waals surface area contributed by atoms with Crippen LogP contribution in [0.5, 0.6) is 0 Å². The second kappa shape index (κ2) is 4.21. The molecule has 0 atom stereocenters. The van der Waals surface area contributed by atoms with Crippen molar-refractivity contribution in [3.8, 4) is 0 Å². The Labute approximate surface area is 37.6 Å². The van der Waals surface area contributed by atoms with Crippen LogP contribution in [0.2, 0.25) is 0 Å². The van der Waals surface area contributed by atoms with Gasteiger partial charge >= 0.3 is 0 Å². The molecular formula is C4H8N2. The van der Waals surface area contributed by atoms with Crippen molar-refractivity contribution in [2.45, 2.75) is 0 Å². The highest BCUT2D eigenvalue weighted by atomic mass is 14.8. The van der Waals surface area contributed by atoms with Crippen molar-refractivity contribution in [2.24, 2.45) is 4.99 Å². The fourth-order valence-electron chi connectivity index (χ4n) is 0.127. The Morgan fingerprint density at radius 3 is 2.67 bits per heavy atom. The molecule has 34 valence electrons. The van der Waals surface area contributed by atoms with Gasteiger partial charge in [-0.05, 0) is 6.72 Å². The zero-order chi connectivity index (χ0) is 4.83. The summed E-state index contributed by atoms with van der Waals surface area (Å²) in [4.78, 5) is 3.43. The Morgan fingerprint density at radius 2 is 2.50 bits per heavy atom. The first kappa shape index (κ1) is 5.21. The van der Waals surface area contributed by atoms with E-state index < -0.39 is 0 Å². The highest BCUT2D eigenvalue weighted by Crippen LogP contribution is 1.60. The van der Waals surface area contributed by atoms with Gasteiger partial charge in [0, 0.05) is 19.4 Å². The van der Waals surface area contributed by atoms with E-state index in [1.165, 1.54) is 0 Å². The van der Waals surface area contributed by atoms with E-state index in [4.69, 9.17) is 0 Å². The Kier molecular flexibility index (Phi) is 3.66. The molecule has 1 N–H and O–H groups in total. The molecule has 6 heavy (non-hydrogen) atoms. The third kappa shape index (κ3) is 3.21. The fraction of sp³-hybridized carbons (Fsp3) is 0.250. The average Bonchev–Trinajstić information content (AvgIpc) is 1.61. The summed E-state index contributed by atoms with van der Waals surface area (Å²) < 4.78 is 0. The Bertz CT molecular complexity index is 56.6. The third-order valence-electron chi connectivity index (χ3n) is 0.347. The van der Waals surface area contributed by atoms with E-state index in [0.717, 1.165) is 0 Å². The molecule has 0 saturated heterocycles. The van der Waals surface area contributed by atoms with E-state index in [2.05, 4.69) is 17.0 Å². The summed E-state index contributed by atoms with van der Waals surface area (Å²) in [5, 5.41) is 2.75. The van der Waals surface area contributed by atoms with Crippen LogP contribution in [0.25, 0.3) is 0 Å². The standard InChI is InChI=1S/C4H8N2/c1-5-3-4-6-2/h3-4,6H,1H2,2H3/b4-3+. The number of aliphatic imine (C=N–C) groups is 1. The molecular weight excluding hydrogens is 76.1 g/mol. The van der Waals surface area contributed by atoms with Gasteiger partial charge in [0.1, 0.15) is 0 Å². The first-order valence-electron chi connectivity index (χ1n) is 1.70. The van der Waals surface area contributed by atoms with Gasteiger partial charge < -0.3 is 5.32 Å². The van der Waals surface area contributed by atoms with Crippen molar-refractivity contribution in [2.75, 3.05) is 7.05 Å². The van der Waals surface area contributed by atoms with Crippen LogP contribution < -0.4 is 5.32 Å². The summed E-state index contributed by atoms with van der Waals surface area (Å²) in [7, 11) is 1.81. The zero-order valence-corrected chi connectivity index (χ0v) is 3.81. The lowest BCUT2D eigenvalue weighted by Crippen LogP contribution is -1.89. The molecule has 0 aliphatic heterocycles. The van der Waals surface area contributed by atoms with Crippen LogP contribution in [0, 0.1) is 0 Å². The van der Waals surface area contributed by atoms with Crippen molar-refractivity contribution in [1.82, 2.24) is 5.32 Å². The summed E-state index contributed by atoms with van der Waals surface area (Å²) in [5.41, 5.74) is 0. The number of hydrogen-bond donors (Lipinski definition) is 1. The topological polar surface area (TPSA) is 24.4 Å². The lowest BCUT2D eigenvalue weighted by atomic mass is 10.9. The van der Waals surface area contributed by atoms with Crippen molar-refractivity contribution in [3.05, 3.63) is 12.4 Å². The van der Waals surface area contributed by atoms with E-state index in [9.17, 15) is 0 Å². The van der Waals surface area contributed by atoms with Crippen LogP contribution in [0.3, 0.4) is 0 Å². The molecule has 0 spiro atoms. The van der Waals surface area contributed by atoms with Gasteiger partial charge in [0.2, 0.25) is 0 Å². The first-order valence-corrected chi connectivity index (χ1v) is 1.70. The quantitative estimate of drug-likeness (QED) is 0.480. The maximum absolute atomic E-state index is 3.43. The summed E-state index contributed by atoms with van der Waals surface area (Å²) in [5.74, 6) is 0. The average molecular weight is 84.1 g/mol. The molecule has 0 unspecified atom stereocenters. The van der Waals surface area contributed by atoms with Crippen molar-refractivity contribution in [1.29, 1.82) is 0 Å².